The molecule has 2 rings (SSSR count). The lowest BCUT2D eigenvalue weighted by atomic mass is 9.91. The molecule has 2 N–H and O–H groups in total. The summed E-state index contributed by atoms with van der Waals surface area (Å²) >= 11 is 1.80. The van der Waals surface area contributed by atoms with Gasteiger partial charge in [0.1, 0.15) is 0 Å². The zero-order valence-electron chi connectivity index (χ0n) is 15.3. The van der Waals surface area contributed by atoms with Crippen LogP contribution in [0.2, 0.25) is 0 Å². The first-order valence-corrected chi connectivity index (χ1v) is 9.05. The van der Waals surface area contributed by atoms with E-state index in [9.17, 15) is 0 Å². The number of aliphatic imine (C=N–C) groups is 1. The van der Waals surface area contributed by atoms with E-state index in [1.807, 2.05) is 7.05 Å². The highest BCUT2D eigenvalue weighted by molar-refractivity contribution is 7.10. The van der Waals surface area contributed by atoms with Gasteiger partial charge in [-0.05, 0) is 29.1 Å². The highest BCUT2D eigenvalue weighted by Crippen LogP contribution is 2.26. The summed E-state index contributed by atoms with van der Waals surface area (Å²) in [6.07, 6.45) is 0. The molecule has 1 heterocycles. The lowest BCUT2D eigenvalue weighted by Gasteiger charge is -2.25. The predicted octanol–water partition coefficient (Wildman–Crippen LogP) is 3.46. The fourth-order valence-corrected chi connectivity index (χ4v) is 3.26. The summed E-state index contributed by atoms with van der Waals surface area (Å²) in [5.74, 6) is 0.829. The number of hydrogen-bond acceptors (Lipinski definition) is 3. The minimum absolute atomic E-state index is 0.0800. The van der Waals surface area contributed by atoms with Crippen LogP contribution in [0.1, 0.15) is 24.3 Å². The van der Waals surface area contributed by atoms with E-state index in [4.69, 9.17) is 0 Å². The number of hydrogen-bond donors (Lipinski definition) is 2. The topological polar surface area (TPSA) is 39.7 Å². The number of benzene rings is 1. The minimum Gasteiger partial charge on any atom is -0.378 e. The Bertz CT molecular complexity index is 660. The third-order valence-electron chi connectivity index (χ3n) is 4.00. The monoisotopic (exact) mass is 344 g/mol. The van der Waals surface area contributed by atoms with Gasteiger partial charge in [-0.1, -0.05) is 32.0 Å². The van der Waals surface area contributed by atoms with E-state index >= 15 is 0 Å². The van der Waals surface area contributed by atoms with Gasteiger partial charge in [0.05, 0.1) is 0 Å². The second kappa shape index (κ2) is 8.20. The maximum absolute atomic E-state index is 4.33. The first kappa shape index (κ1) is 18.3. The highest BCUT2D eigenvalue weighted by Gasteiger charge is 2.21. The lowest BCUT2D eigenvalue weighted by molar-refractivity contribution is 0.518. The molecule has 4 nitrogen and oxygen atoms in total. The van der Waals surface area contributed by atoms with Crippen LogP contribution >= 0.6 is 11.3 Å². The van der Waals surface area contributed by atoms with Gasteiger partial charge in [0.15, 0.2) is 5.96 Å². The molecule has 0 aliphatic heterocycles. The van der Waals surface area contributed by atoms with Gasteiger partial charge in [-0.25, -0.2) is 0 Å². The molecule has 130 valence electrons. The van der Waals surface area contributed by atoms with Gasteiger partial charge in [0.25, 0.3) is 0 Å². The number of thiophene rings is 1. The standard InChI is InChI=1S/C19H28N4S/c1-19(2,17-10-7-11-24-17)14-22-18(20-3)21-13-15-8-6-9-16(12-15)23(4)5/h6-12H,13-14H2,1-5H3,(H2,20,21,22). The van der Waals surface area contributed by atoms with Gasteiger partial charge in [0.2, 0.25) is 0 Å². The molecule has 0 aliphatic rings. The zero-order valence-corrected chi connectivity index (χ0v) is 16.1. The Balaban J connectivity index is 1.90. The largest absolute Gasteiger partial charge is 0.378 e. The molecule has 24 heavy (non-hydrogen) atoms. The van der Waals surface area contributed by atoms with Crippen molar-refractivity contribution in [2.24, 2.45) is 4.99 Å². The summed E-state index contributed by atoms with van der Waals surface area (Å²) in [7, 11) is 5.92. The average molecular weight is 345 g/mol. The van der Waals surface area contributed by atoms with E-state index in [0.29, 0.717) is 0 Å². The second-order valence-electron chi connectivity index (χ2n) is 6.70. The SMILES string of the molecule is CN=C(NCc1cccc(N(C)C)c1)NCC(C)(C)c1cccs1. The minimum atomic E-state index is 0.0800. The number of nitrogens with one attached hydrogen (secondary N) is 2. The number of guanidine groups is 1. The summed E-state index contributed by atoms with van der Waals surface area (Å²) in [5, 5.41) is 8.96. The van der Waals surface area contributed by atoms with Crippen LogP contribution in [0.4, 0.5) is 5.69 Å². The third kappa shape index (κ3) is 4.99. The van der Waals surface area contributed by atoms with E-state index in [1.54, 1.807) is 11.3 Å². The van der Waals surface area contributed by atoms with Gasteiger partial charge in [0, 0.05) is 50.2 Å². The molecule has 0 amide bonds. The van der Waals surface area contributed by atoms with Gasteiger partial charge >= 0.3 is 0 Å². The number of anilines is 1. The molecule has 0 bridgehead atoms. The van der Waals surface area contributed by atoms with E-state index in [0.717, 1.165) is 19.0 Å². The predicted molar refractivity (Wildman–Crippen MR) is 106 cm³/mol. The Kier molecular flexibility index (Phi) is 6.26. The van der Waals surface area contributed by atoms with Crippen molar-refractivity contribution in [3.8, 4) is 0 Å². The molecule has 1 aromatic carbocycles. The van der Waals surface area contributed by atoms with E-state index in [2.05, 4.69) is 90.2 Å². The van der Waals surface area contributed by atoms with Crippen LogP contribution in [-0.2, 0) is 12.0 Å². The van der Waals surface area contributed by atoms with E-state index in [1.165, 1.54) is 16.1 Å². The molecule has 0 saturated carbocycles. The summed E-state index contributed by atoms with van der Waals surface area (Å²) < 4.78 is 0. The molecular weight excluding hydrogens is 316 g/mol. The Labute approximate surface area is 149 Å². The zero-order chi connectivity index (χ0) is 17.6. The Hall–Kier alpha value is -2.01. The maximum Gasteiger partial charge on any atom is 0.191 e. The molecule has 0 radical (unpaired) electrons. The average Bonchev–Trinajstić information content (AvgIpc) is 3.10. The van der Waals surface area contributed by atoms with E-state index < -0.39 is 0 Å². The van der Waals surface area contributed by atoms with Crippen molar-refractivity contribution in [2.75, 3.05) is 32.6 Å². The normalized spacial score (nSPS) is 12.1. The number of nitrogens with zero attached hydrogens (tertiary/aromatic N) is 2. The van der Waals surface area contributed by atoms with Gasteiger partial charge in [-0.3, -0.25) is 4.99 Å². The third-order valence-corrected chi connectivity index (χ3v) is 5.23. The highest BCUT2D eigenvalue weighted by atomic mass is 32.1. The fraction of sp³-hybridized carbons (Fsp3) is 0.421. The fourth-order valence-electron chi connectivity index (χ4n) is 2.41. The molecule has 1 aromatic heterocycles. The van der Waals surface area contributed by atoms with Crippen molar-refractivity contribution in [3.63, 3.8) is 0 Å². The van der Waals surface area contributed by atoms with Crippen molar-refractivity contribution in [2.45, 2.75) is 25.8 Å². The van der Waals surface area contributed by atoms with Crippen molar-refractivity contribution in [3.05, 3.63) is 52.2 Å². The molecule has 2 aromatic rings. The first-order valence-electron chi connectivity index (χ1n) is 8.17. The van der Waals surface area contributed by atoms with Gasteiger partial charge < -0.3 is 15.5 Å². The maximum atomic E-state index is 4.33. The Morgan fingerprint density at radius 3 is 2.58 bits per heavy atom. The molecular formula is C19H28N4S. The summed E-state index contributed by atoms with van der Waals surface area (Å²) in [5.41, 5.74) is 2.52. The van der Waals surface area contributed by atoms with Crippen LogP contribution in [0.3, 0.4) is 0 Å². The van der Waals surface area contributed by atoms with Crippen molar-refractivity contribution in [1.29, 1.82) is 0 Å². The summed E-state index contributed by atoms with van der Waals surface area (Å²) in [4.78, 5) is 7.82. The van der Waals surface area contributed by atoms with Crippen molar-refractivity contribution in [1.82, 2.24) is 10.6 Å². The smallest absolute Gasteiger partial charge is 0.191 e. The van der Waals surface area contributed by atoms with Crippen LogP contribution < -0.4 is 15.5 Å². The Morgan fingerprint density at radius 2 is 1.96 bits per heavy atom. The van der Waals surface area contributed by atoms with Crippen LogP contribution in [0, 0.1) is 0 Å². The summed E-state index contributed by atoms with van der Waals surface area (Å²) in [6, 6.07) is 12.8. The van der Waals surface area contributed by atoms with Crippen LogP contribution in [0.25, 0.3) is 0 Å². The molecule has 0 aliphatic carbocycles. The molecule has 0 spiro atoms. The molecule has 0 fully saturated rings. The van der Waals surface area contributed by atoms with Crippen LogP contribution in [-0.4, -0.2) is 33.6 Å². The van der Waals surface area contributed by atoms with Gasteiger partial charge in [-0.2, -0.15) is 0 Å². The van der Waals surface area contributed by atoms with Crippen LogP contribution in [0.15, 0.2) is 46.8 Å². The number of rotatable bonds is 6. The van der Waals surface area contributed by atoms with Crippen molar-refractivity contribution < 1.29 is 0 Å². The van der Waals surface area contributed by atoms with E-state index in [-0.39, 0.29) is 5.41 Å². The molecule has 0 saturated heterocycles. The van der Waals surface area contributed by atoms with Crippen molar-refractivity contribution >= 4 is 23.0 Å². The molecule has 5 heteroatoms. The van der Waals surface area contributed by atoms with Crippen LogP contribution in [0.5, 0.6) is 0 Å². The molecule has 0 unspecified atom stereocenters. The quantitative estimate of drug-likeness (QED) is 0.623. The lowest BCUT2D eigenvalue weighted by Crippen LogP contribution is -2.42. The van der Waals surface area contributed by atoms with Gasteiger partial charge in [-0.15, -0.1) is 11.3 Å². The summed E-state index contributed by atoms with van der Waals surface area (Å²) in [6.45, 7) is 6.09. The first-order chi connectivity index (χ1) is 11.4. The Morgan fingerprint density at radius 1 is 1.17 bits per heavy atom. The molecule has 0 atom stereocenters. The second-order valence-corrected chi connectivity index (χ2v) is 7.65.